The first kappa shape index (κ1) is 26.0. The molecule has 0 saturated carbocycles. The van der Waals surface area contributed by atoms with Crippen LogP contribution < -0.4 is 9.13 Å². The van der Waals surface area contributed by atoms with Crippen LogP contribution in [0.25, 0.3) is 0 Å². The quantitative estimate of drug-likeness (QED) is 0.116. The van der Waals surface area contributed by atoms with Crippen LogP contribution in [-0.2, 0) is 0 Å². The summed E-state index contributed by atoms with van der Waals surface area (Å²) in [6.07, 6.45) is 6.55. The fourth-order valence-corrected chi connectivity index (χ4v) is 4.27. The molecule has 0 aliphatic heterocycles. The van der Waals surface area contributed by atoms with Crippen molar-refractivity contribution in [1.29, 1.82) is 0 Å². The number of pyridine rings is 2. The van der Waals surface area contributed by atoms with Crippen molar-refractivity contribution in [3.05, 3.63) is 180 Å². The standard InChI is InChI=1S/C34H24N2O4/c37-31(25-13-5-1-6-14-25)29(35-21-9-3-10-22-35)33(39)27-17-19-28(20-18-27)34(40)30(36-23-11-4-12-24-36)32(38)26-15-7-2-8-16-26/h1-24H. The molecule has 0 unspecified atom stereocenters. The van der Waals surface area contributed by atoms with Crippen LogP contribution in [0.2, 0.25) is 0 Å². The maximum atomic E-state index is 13.7. The first-order valence-corrected chi connectivity index (χ1v) is 12.6. The average molecular weight is 525 g/mol. The predicted molar refractivity (Wildman–Crippen MR) is 147 cm³/mol. The molecule has 2 aromatic heterocycles. The molecule has 0 spiro atoms. The molecule has 5 aromatic rings. The fraction of sp³-hybridized carbons (Fsp3) is 0. The van der Waals surface area contributed by atoms with E-state index in [0.29, 0.717) is 11.1 Å². The van der Waals surface area contributed by atoms with Gasteiger partial charge in [0.1, 0.15) is 24.8 Å². The highest BCUT2D eigenvalue weighted by Crippen LogP contribution is 2.19. The van der Waals surface area contributed by atoms with Gasteiger partial charge < -0.3 is 0 Å². The molecule has 0 aliphatic rings. The van der Waals surface area contributed by atoms with Crippen LogP contribution >= 0.6 is 0 Å². The maximum Gasteiger partial charge on any atom is 0.228 e. The Morgan fingerprint density at radius 1 is 0.350 bits per heavy atom. The summed E-state index contributed by atoms with van der Waals surface area (Å²) < 4.78 is 2.99. The van der Waals surface area contributed by atoms with Gasteiger partial charge in [-0.3, -0.25) is 28.3 Å². The summed E-state index contributed by atoms with van der Waals surface area (Å²) in [6, 6.07) is 33.6. The summed E-state index contributed by atoms with van der Waals surface area (Å²) in [6.45, 7) is 0. The zero-order valence-corrected chi connectivity index (χ0v) is 21.4. The van der Waals surface area contributed by atoms with Crippen LogP contribution in [0.1, 0.15) is 41.4 Å². The van der Waals surface area contributed by atoms with E-state index in [0.717, 1.165) is 0 Å². The highest BCUT2D eigenvalue weighted by molar-refractivity contribution is 6.27. The molecular weight excluding hydrogens is 500 g/mol. The zero-order chi connectivity index (χ0) is 27.9. The van der Waals surface area contributed by atoms with Gasteiger partial charge in [0.05, 0.1) is 0 Å². The number of hydrogen-bond donors (Lipinski definition) is 0. The number of nitrogens with zero attached hydrogens (tertiary/aromatic N) is 2. The molecule has 0 bridgehead atoms. The number of ketones is 4. The van der Waals surface area contributed by atoms with Crippen molar-refractivity contribution in [3.63, 3.8) is 0 Å². The van der Waals surface area contributed by atoms with Crippen molar-refractivity contribution in [2.24, 2.45) is 0 Å². The molecule has 2 heterocycles. The van der Waals surface area contributed by atoms with Gasteiger partial charge in [0.25, 0.3) is 0 Å². The van der Waals surface area contributed by atoms with E-state index in [1.54, 1.807) is 122 Å². The normalized spacial score (nSPS) is 10.4. The molecule has 0 aliphatic carbocycles. The molecule has 40 heavy (non-hydrogen) atoms. The number of carbonyl (C=O) groups is 4. The minimum atomic E-state index is -0.494. The average Bonchev–Trinajstić information content (AvgIpc) is 3.03. The number of hydrogen-bond acceptors (Lipinski definition) is 4. The van der Waals surface area contributed by atoms with Crippen LogP contribution in [0.3, 0.4) is 0 Å². The Balaban J connectivity index is 1.47. The van der Waals surface area contributed by atoms with Gasteiger partial charge in [-0.1, -0.05) is 97.1 Å². The number of Topliss-reactive ketones (excluding diaryl/α,β-unsaturated/α-hetero) is 4. The summed E-state index contributed by atoms with van der Waals surface area (Å²) in [5, 5.41) is 0. The number of benzene rings is 3. The highest BCUT2D eigenvalue weighted by Gasteiger charge is 2.33. The molecule has 194 valence electrons. The maximum absolute atomic E-state index is 13.7. The SMILES string of the molecule is O=C(c1ccccc1)[C-](C(=O)c1ccc(C(=O)[C-](C(=O)c2ccccc2)[n+]2ccccc2)cc1)[n+]1ccccc1. The van der Waals surface area contributed by atoms with Gasteiger partial charge in [-0.15, -0.1) is 0 Å². The minimum absolute atomic E-state index is 0.0442. The largest absolute Gasteiger partial charge is 0.300 e. The minimum Gasteiger partial charge on any atom is -0.300 e. The highest BCUT2D eigenvalue weighted by atomic mass is 16.2. The van der Waals surface area contributed by atoms with Crippen molar-refractivity contribution in [2.75, 3.05) is 0 Å². The van der Waals surface area contributed by atoms with E-state index in [1.807, 2.05) is 0 Å². The van der Waals surface area contributed by atoms with Gasteiger partial charge in [-0.25, -0.2) is 0 Å². The van der Waals surface area contributed by atoms with Gasteiger partial charge in [0.2, 0.25) is 12.1 Å². The fourth-order valence-electron chi connectivity index (χ4n) is 4.27. The Morgan fingerprint density at radius 3 is 0.900 bits per heavy atom. The van der Waals surface area contributed by atoms with E-state index in [2.05, 4.69) is 0 Å². The Morgan fingerprint density at radius 2 is 0.600 bits per heavy atom. The lowest BCUT2D eigenvalue weighted by atomic mass is 9.92. The van der Waals surface area contributed by atoms with E-state index in [-0.39, 0.29) is 23.2 Å². The summed E-state index contributed by atoms with van der Waals surface area (Å²) in [5.41, 5.74) is 1.23. The van der Waals surface area contributed by atoms with Crippen LogP contribution in [0.4, 0.5) is 0 Å². The smallest absolute Gasteiger partial charge is 0.228 e. The third kappa shape index (κ3) is 5.47. The Kier molecular flexibility index (Phi) is 7.69. The van der Waals surface area contributed by atoms with Gasteiger partial charge in [-0.2, -0.15) is 0 Å². The lowest BCUT2D eigenvalue weighted by Crippen LogP contribution is -2.49. The molecule has 3 aromatic carbocycles. The summed E-state index contributed by atoms with van der Waals surface area (Å²) in [5.74, 6) is -1.84. The van der Waals surface area contributed by atoms with Crippen molar-refractivity contribution >= 4 is 23.1 Å². The van der Waals surface area contributed by atoms with E-state index in [1.165, 1.54) is 33.4 Å². The van der Waals surface area contributed by atoms with Crippen LogP contribution in [0.15, 0.2) is 146 Å². The second-order valence-electron chi connectivity index (χ2n) is 8.89. The van der Waals surface area contributed by atoms with Crippen LogP contribution in [0.5, 0.6) is 0 Å². The van der Waals surface area contributed by atoms with Crippen LogP contribution in [-0.4, -0.2) is 23.1 Å². The van der Waals surface area contributed by atoms with Gasteiger partial charge in [0.15, 0.2) is 23.1 Å². The summed E-state index contributed by atoms with van der Waals surface area (Å²) >= 11 is 0. The first-order valence-electron chi connectivity index (χ1n) is 12.6. The van der Waals surface area contributed by atoms with E-state index >= 15 is 0 Å². The third-order valence-electron chi connectivity index (χ3n) is 6.29. The van der Waals surface area contributed by atoms with Crippen molar-refractivity contribution in [2.45, 2.75) is 0 Å². The van der Waals surface area contributed by atoms with E-state index in [4.69, 9.17) is 0 Å². The molecule has 5 rings (SSSR count). The summed E-state index contributed by atoms with van der Waals surface area (Å²) in [4.78, 5) is 54.2. The predicted octanol–water partition coefficient (Wildman–Crippen LogP) is 4.55. The van der Waals surface area contributed by atoms with Crippen molar-refractivity contribution in [3.8, 4) is 0 Å². The second-order valence-corrected chi connectivity index (χ2v) is 8.89. The van der Waals surface area contributed by atoms with Crippen molar-refractivity contribution < 1.29 is 28.3 Å². The molecule has 0 saturated heterocycles. The molecule has 0 atom stereocenters. The third-order valence-corrected chi connectivity index (χ3v) is 6.29. The number of carbonyl (C=O) groups excluding carboxylic acids is 4. The Labute approximate surface area is 231 Å². The van der Waals surface area contributed by atoms with Crippen molar-refractivity contribution in [1.82, 2.24) is 0 Å². The molecular formula is C34H24N2O4. The van der Waals surface area contributed by atoms with Gasteiger partial charge in [-0.05, 0) is 46.5 Å². The zero-order valence-electron chi connectivity index (χ0n) is 21.4. The lowest BCUT2D eigenvalue weighted by Gasteiger charge is -2.18. The molecule has 0 amide bonds. The molecule has 6 heteroatoms. The second kappa shape index (κ2) is 11.8. The van der Waals surface area contributed by atoms with Gasteiger partial charge >= 0.3 is 0 Å². The molecule has 0 fully saturated rings. The van der Waals surface area contributed by atoms with E-state index in [9.17, 15) is 19.2 Å². The van der Waals surface area contributed by atoms with E-state index < -0.39 is 23.1 Å². The Bertz CT molecular complexity index is 1510. The van der Waals surface area contributed by atoms with Gasteiger partial charge in [0, 0.05) is 0 Å². The molecule has 0 N–H and O–H groups in total. The van der Waals surface area contributed by atoms with Crippen LogP contribution in [0, 0.1) is 12.1 Å². The topological polar surface area (TPSA) is 76.0 Å². The Hall–Kier alpha value is -5.62. The first-order chi connectivity index (χ1) is 19.5. The molecule has 0 radical (unpaired) electrons. The lowest BCUT2D eigenvalue weighted by molar-refractivity contribution is -0.639. The summed E-state index contributed by atoms with van der Waals surface area (Å²) in [7, 11) is 0. The monoisotopic (exact) mass is 524 g/mol. The molecule has 6 nitrogen and oxygen atoms in total. The number of rotatable bonds is 10. The number of aromatic nitrogens is 2.